The summed E-state index contributed by atoms with van der Waals surface area (Å²) in [6, 6.07) is 10.5. The fourth-order valence-electron chi connectivity index (χ4n) is 2.96. The van der Waals surface area contributed by atoms with Gasteiger partial charge in [0.2, 0.25) is 11.2 Å². The van der Waals surface area contributed by atoms with Crippen LogP contribution in [0, 0.1) is 19.8 Å². The first-order valence-electron chi connectivity index (χ1n) is 9.92. The van der Waals surface area contributed by atoms with Crippen LogP contribution in [0.2, 0.25) is 0 Å². The van der Waals surface area contributed by atoms with Crippen LogP contribution in [-0.4, -0.2) is 19.2 Å². The molecule has 0 bridgehead atoms. The molecule has 0 fully saturated rings. The SMILES string of the molecule is Cc1cc(C)cc(Oc2coc3cc(OCC(=O)OCCC(C)C)ccc3c2=O)c1. The van der Waals surface area contributed by atoms with Crippen LogP contribution in [-0.2, 0) is 9.53 Å². The van der Waals surface area contributed by atoms with E-state index in [-0.39, 0.29) is 17.8 Å². The van der Waals surface area contributed by atoms with Crippen LogP contribution < -0.4 is 14.9 Å². The molecule has 1 aromatic heterocycles. The highest BCUT2D eigenvalue weighted by Gasteiger charge is 2.12. The number of hydrogen-bond donors (Lipinski definition) is 0. The highest BCUT2D eigenvalue weighted by Crippen LogP contribution is 2.25. The molecule has 3 aromatic rings. The van der Waals surface area contributed by atoms with E-state index in [9.17, 15) is 9.59 Å². The van der Waals surface area contributed by atoms with Crippen molar-refractivity contribution in [3.63, 3.8) is 0 Å². The van der Waals surface area contributed by atoms with E-state index in [2.05, 4.69) is 13.8 Å². The van der Waals surface area contributed by atoms with Crippen molar-refractivity contribution in [1.29, 1.82) is 0 Å². The van der Waals surface area contributed by atoms with Gasteiger partial charge in [-0.15, -0.1) is 0 Å². The molecule has 0 aliphatic rings. The number of fused-ring (bicyclic) bond motifs is 1. The van der Waals surface area contributed by atoms with Gasteiger partial charge in [0.25, 0.3) is 0 Å². The summed E-state index contributed by atoms with van der Waals surface area (Å²) in [5, 5.41) is 0.365. The molecule has 0 aliphatic carbocycles. The quantitative estimate of drug-likeness (QED) is 0.477. The fourth-order valence-corrected chi connectivity index (χ4v) is 2.96. The Morgan fingerprint density at radius 2 is 1.77 bits per heavy atom. The zero-order chi connectivity index (χ0) is 21.7. The molecule has 6 heteroatoms. The van der Waals surface area contributed by atoms with Crippen molar-refractivity contribution in [2.24, 2.45) is 5.92 Å². The first-order chi connectivity index (χ1) is 14.3. The van der Waals surface area contributed by atoms with E-state index >= 15 is 0 Å². The summed E-state index contributed by atoms with van der Waals surface area (Å²) in [6.45, 7) is 8.21. The third-order valence-corrected chi connectivity index (χ3v) is 4.45. The van der Waals surface area contributed by atoms with Gasteiger partial charge in [0, 0.05) is 6.07 Å². The molecule has 0 atom stereocenters. The average Bonchev–Trinajstić information content (AvgIpc) is 2.67. The Balaban J connectivity index is 1.70. The largest absolute Gasteiger partial charge is 0.482 e. The second kappa shape index (κ2) is 9.48. The summed E-state index contributed by atoms with van der Waals surface area (Å²) in [4.78, 5) is 24.5. The second-order valence-corrected chi connectivity index (χ2v) is 7.70. The maximum Gasteiger partial charge on any atom is 0.344 e. The Hall–Kier alpha value is -3.28. The van der Waals surface area contributed by atoms with E-state index in [1.807, 2.05) is 32.0 Å². The van der Waals surface area contributed by atoms with Gasteiger partial charge in [-0.25, -0.2) is 4.79 Å². The van der Waals surface area contributed by atoms with Crippen LogP contribution in [0.5, 0.6) is 17.2 Å². The third-order valence-electron chi connectivity index (χ3n) is 4.45. The lowest BCUT2D eigenvalue weighted by Gasteiger charge is -2.09. The first kappa shape index (κ1) is 21.4. The minimum atomic E-state index is -0.436. The van der Waals surface area contributed by atoms with Gasteiger partial charge in [0.1, 0.15) is 23.3 Å². The van der Waals surface area contributed by atoms with E-state index < -0.39 is 5.97 Å². The van der Waals surface area contributed by atoms with Crippen molar-refractivity contribution < 1.29 is 23.4 Å². The minimum absolute atomic E-state index is 0.106. The molecule has 30 heavy (non-hydrogen) atoms. The van der Waals surface area contributed by atoms with E-state index in [4.69, 9.17) is 18.6 Å². The molecular weight excluding hydrogens is 384 g/mol. The predicted octanol–water partition coefficient (Wildman–Crippen LogP) is 5.17. The Bertz CT molecular complexity index is 1080. The third kappa shape index (κ3) is 5.63. The normalized spacial score (nSPS) is 11.0. The number of carbonyl (C=O) groups excluding carboxylic acids is 1. The lowest BCUT2D eigenvalue weighted by Crippen LogP contribution is -2.16. The number of esters is 1. The monoisotopic (exact) mass is 410 g/mol. The molecular formula is C24H26O6. The lowest BCUT2D eigenvalue weighted by molar-refractivity contribution is -0.146. The van der Waals surface area contributed by atoms with Crippen molar-refractivity contribution in [2.75, 3.05) is 13.2 Å². The van der Waals surface area contributed by atoms with Gasteiger partial charge in [0.05, 0.1) is 12.0 Å². The predicted molar refractivity (Wildman–Crippen MR) is 114 cm³/mol. The molecule has 6 nitrogen and oxygen atoms in total. The molecule has 3 rings (SSSR count). The fraction of sp³-hybridized carbons (Fsp3) is 0.333. The molecule has 0 saturated heterocycles. The van der Waals surface area contributed by atoms with Crippen LogP contribution in [0.15, 0.2) is 51.9 Å². The summed E-state index contributed by atoms with van der Waals surface area (Å²) in [6.07, 6.45) is 2.09. The van der Waals surface area contributed by atoms with Crippen LogP contribution >= 0.6 is 0 Å². The van der Waals surface area contributed by atoms with Crippen LogP contribution in [0.3, 0.4) is 0 Å². The van der Waals surface area contributed by atoms with Gasteiger partial charge in [-0.1, -0.05) is 19.9 Å². The minimum Gasteiger partial charge on any atom is -0.482 e. The molecule has 1 heterocycles. The lowest BCUT2D eigenvalue weighted by atomic mass is 10.1. The van der Waals surface area contributed by atoms with Crippen molar-refractivity contribution in [1.82, 2.24) is 0 Å². The molecule has 0 unspecified atom stereocenters. The van der Waals surface area contributed by atoms with E-state index in [0.717, 1.165) is 17.5 Å². The zero-order valence-corrected chi connectivity index (χ0v) is 17.7. The summed E-state index contributed by atoms with van der Waals surface area (Å²) in [7, 11) is 0. The smallest absolute Gasteiger partial charge is 0.344 e. The van der Waals surface area contributed by atoms with Crippen molar-refractivity contribution in [3.05, 3.63) is 64.0 Å². The standard InChI is InChI=1S/C24H26O6/c1-15(2)7-8-27-23(25)14-28-18-5-6-20-21(12-18)29-13-22(24(20)26)30-19-10-16(3)9-17(4)11-19/h5-6,9-13,15H,7-8,14H2,1-4H3. The highest BCUT2D eigenvalue weighted by atomic mass is 16.6. The molecule has 2 aromatic carbocycles. The summed E-state index contributed by atoms with van der Waals surface area (Å²) in [5.74, 6) is 1.12. The van der Waals surface area contributed by atoms with Gasteiger partial charge >= 0.3 is 5.97 Å². The highest BCUT2D eigenvalue weighted by molar-refractivity contribution is 5.79. The maximum absolute atomic E-state index is 12.8. The zero-order valence-electron chi connectivity index (χ0n) is 17.7. The van der Waals surface area contributed by atoms with Crippen LogP contribution in [0.4, 0.5) is 0 Å². The number of benzene rings is 2. The topological polar surface area (TPSA) is 75.0 Å². The molecule has 0 aliphatic heterocycles. The van der Waals surface area contributed by atoms with E-state index in [0.29, 0.717) is 35.0 Å². The molecule has 0 amide bonds. The van der Waals surface area contributed by atoms with E-state index in [1.165, 1.54) is 6.26 Å². The molecule has 0 saturated carbocycles. The first-order valence-corrected chi connectivity index (χ1v) is 9.92. The number of rotatable bonds is 8. The Labute approximate surface area is 175 Å². The molecule has 0 N–H and O–H groups in total. The van der Waals surface area contributed by atoms with Crippen LogP contribution in [0.25, 0.3) is 11.0 Å². The number of ether oxygens (including phenoxy) is 3. The van der Waals surface area contributed by atoms with Gasteiger partial charge in [0.15, 0.2) is 6.61 Å². The van der Waals surface area contributed by atoms with Crippen molar-refractivity contribution in [2.45, 2.75) is 34.1 Å². The number of carbonyl (C=O) groups is 1. The van der Waals surface area contributed by atoms with Crippen molar-refractivity contribution in [3.8, 4) is 17.2 Å². The second-order valence-electron chi connectivity index (χ2n) is 7.70. The Morgan fingerprint density at radius 3 is 2.47 bits per heavy atom. The van der Waals surface area contributed by atoms with Gasteiger partial charge in [-0.3, -0.25) is 4.79 Å². The summed E-state index contributed by atoms with van der Waals surface area (Å²) in [5.41, 5.74) is 2.15. The molecule has 0 radical (unpaired) electrons. The van der Waals surface area contributed by atoms with Gasteiger partial charge < -0.3 is 18.6 Å². The number of aryl methyl sites for hydroxylation is 2. The summed E-state index contributed by atoms with van der Waals surface area (Å²) >= 11 is 0. The van der Waals surface area contributed by atoms with E-state index in [1.54, 1.807) is 18.2 Å². The average molecular weight is 410 g/mol. The van der Waals surface area contributed by atoms with Crippen molar-refractivity contribution >= 4 is 16.9 Å². The molecule has 0 spiro atoms. The van der Waals surface area contributed by atoms with Crippen LogP contribution in [0.1, 0.15) is 31.4 Å². The maximum atomic E-state index is 12.8. The molecule has 158 valence electrons. The Morgan fingerprint density at radius 1 is 1.03 bits per heavy atom. The Kier molecular flexibility index (Phi) is 6.77. The number of hydrogen-bond acceptors (Lipinski definition) is 6. The summed E-state index contributed by atoms with van der Waals surface area (Å²) < 4.78 is 21.9. The van der Waals surface area contributed by atoms with Gasteiger partial charge in [-0.05, 0) is 61.6 Å². The van der Waals surface area contributed by atoms with Gasteiger partial charge in [-0.2, -0.15) is 0 Å².